The van der Waals surface area contributed by atoms with Crippen molar-refractivity contribution < 1.29 is 19.4 Å². The molecule has 1 unspecified atom stereocenters. The van der Waals surface area contributed by atoms with Gasteiger partial charge in [0.1, 0.15) is 18.1 Å². The van der Waals surface area contributed by atoms with Crippen molar-refractivity contribution in [1.29, 1.82) is 5.41 Å². The molecule has 0 radical (unpaired) electrons. The number of nitrogens with one attached hydrogen (secondary N) is 1. The van der Waals surface area contributed by atoms with E-state index in [0.29, 0.717) is 38.4 Å². The number of benzene rings is 2. The lowest BCUT2D eigenvalue weighted by Gasteiger charge is -2.16. The van der Waals surface area contributed by atoms with Crippen molar-refractivity contribution in [2.24, 2.45) is 11.8 Å². The summed E-state index contributed by atoms with van der Waals surface area (Å²) in [6.07, 6.45) is 2.16. The van der Waals surface area contributed by atoms with Crippen LogP contribution in [0.15, 0.2) is 47.7 Å². The van der Waals surface area contributed by atoms with E-state index in [4.69, 9.17) is 49.7 Å². The number of aliphatic hydroxyl groups is 1. The molecule has 32 heavy (non-hydrogen) atoms. The van der Waals surface area contributed by atoms with Crippen molar-refractivity contribution in [2.75, 3.05) is 13.7 Å². The molecule has 3 rings (SSSR count). The number of aliphatic hydroxyl groups excluding tert-OH is 1. The van der Waals surface area contributed by atoms with Crippen LogP contribution in [-0.2, 0) is 16.0 Å². The summed E-state index contributed by atoms with van der Waals surface area (Å²) < 4.78 is 10.6. The van der Waals surface area contributed by atoms with Crippen LogP contribution in [0.25, 0.3) is 0 Å². The zero-order valence-electron chi connectivity index (χ0n) is 17.8. The summed E-state index contributed by atoms with van der Waals surface area (Å²) in [6, 6.07) is 10.2. The highest BCUT2D eigenvalue weighted by Crippen LogP contribution is 2.38. The van der Waals surface area contributed by atoms with E-state index in [2.05, 4.69) is 0 Å². The van der Waals surface area contributed by atoms with Crippen LogP contribution in [0.5, 0.6) is 5.75 Å². The maximum atomic E-state index is 11.7. The third kappa shape index (κ3) is 5.77. The van der Waals surface area contributed by atoms with Crippen LogP contribution in [0.3, 0.4) is 0 Å². The summed E-state index contributed by atoms with van der Waals surface area (Å²) in [5, 5.41) is 20.5. The molecule has 0 spiro atoms. The van der Waals surface area contributed by atoms with Crippen LogP contribution in [0.2, 0.25) is 15.1 Å². The highest BCUT2D eigenvalue weighted by atomic mass is 35.5. The molecule has 0 heterocycles. The summed E-state index contributed by atoms with van der Waals surface area (Å²) in [5.74, 6) is -0.0104. The van der Waals surface area contributed by atoms with Gasteiger partial charge in [0.15, 0.2) is 0 Å². The molecule has 1 atom stereocenters. The number of hydrogen-bond acceptors (Lipinski definition) is 5. The fourth-order valence-corrected chi connectivity index (χ4v) is 4.15. The molecule has 2 N–H and O–H groups in total. The Kier molecular flexibility index (Phi) is 8.10. The minimum Gasteiger partial charge on any atom is -0.512 e. The predicted octanol–water partition coefficient (Wildman–Crippen LogP) is 6.67. The predicted molar refractivity (Wildman–Crippen MR) is 128 cm³/mol. The maximum absolute atomic E-state index is 11.7. The monoisotopic (exact) mass is 495 g/mol. The van der Waals surface area contributed by atoms with Crippen molar-refractivity contribution in [2.45, 2.75) is 26.2 Å². The van der Waals surface area contributed by atoms with Crippen LogP contribution < -0.4 is 4.74 Å². The highest BCUT2D eigenvalue weighted by Gasteiger charge is 2.31. The van der Waals surface area contributed by atoms with Crippen molar-refractivity contribution in [3.05, 3.63) is 73.9 Å². The average molecular weight is 497 g/mol. The molecule has 5 nitrogen and oxygen atoms in total. The second-order valence-electron chi connectivity index (χ2n) is 7.78. The summed E-state index contributed by atoms with van der Waals surface area (Å²) in [7, 11) is 1.35. The van der Waals surface area contributed by atoms with E-state index in [-0.39, 0.29) is 35.9 Å². The number of allylic oxidation sites excluding steroid dienone is 1. The first kappa shape index (κ1) is 24.4. The standard InChI is InChI=1S/C24H24Cl3NO4/c1-13(24(30)31-2)10-15-8-9-16(11-20(15)27)32-12-17(23(29)14-6-7-14)22(28)21-18(25)4-3-5-19(21)26/h3-5,8-9,11,13-14,28-29H,6-7,10,12H2,1-2H3/b23-17-,28-22?. The number of methoxy groups -OCH3 is 1. The van der Waals surface area contributed by atoms with E-state index < -0.39 is 0 Å². The van der Waals surface area contributed by atoms with Gasteiger partial charge in [0, 0.05) is 16.5 Å². The van der Waals surface area contributed by atoms with E-state index in [9.17, 15) is 9.90 Å². The van der Waals surface area contributed by atoms with Crippen molar-refractivity contribution in [3.63, 3.8) is 0 Å². The Morgan fingerprint density at radius 1 is 1.16 bits per heavy atom. The third-order valence-corrected chi connectivity index (χ3v) is 6.31. The zero-order chi connectivity index (χ0) is 23.4. The number of rotatable bonds is 9. The van der Waals surface area contributed by atoms with Gasteiger partial charge in [-0.1, -0.05) is 53.9 Å². The van der Waals surface area contributed by atoms with Gasteiger partial charge in [0.2, 0.25) is 0 Å². The normalized spacial score (nSPS) is 15.0. The van der Waals surface area contributed by atoms with Crippen molar-refractivity contribution >= 4 is 46.5 Å². The van der Waals surface area contributed by atoms with Gasteiger partial charge in [0.25, 0.3) is 0 Å². The molecular formula is C24H24Cl3NO4. The second kappa shape index (κ2) is 10.6. The van der Waals surface area contributed by atoms with Crippen LogP contribution >= 0.6 is 34.8 Å². The number of esters is 1. The Hall–Kier alpha value is -2.21. The van der Waals surface area contributed by atoms with Crippen molar-refractivity contribution in [3.8, 4) is 5.75 Å². The lowest BCUT2D eigenvalue weighted by molar-refractivity contribution is -0.144. The summed E-state index contributed by atoms with van der Waals surface area (Å²) in [6.45, 7) is 1.73. The molecule has 2 aromatic rings. The Bertz CT molecular complexity index is 1040. The van der Waals surface area contributed by atoms with Gasteiger partial charge in [0.05, 0.1) is 34.4 Å². The molecule has 2 aromatic carbocycles. The average Bonchev–Trinajstić information content (AvgIpc) is 3.60. The van der Waals surface area contributed by atoms with E-state index in [0.717, 1.165) is 18.4 Å². The first-order valence-electron chi connectivity index (χ1n) is 10.2. The molecule has 1 aliphatic carbocycles. The molecule has 0 aliphatic heterocycles. The Balaban J connectivity index is 1.79. The van der Waals surface area contributed by atoms with Gasteiger partial charge in [-0.25, -0.2) is 0 Å². The zero-order valence-corrected chi connectivity index (χ0v) is 20.0. The molecule has 0 saturated heterocycles. The number of carbonyl (C=O) groups is 1. The number of halogens is 3. The SMILES string of the molecule is COC(=O)C(C)Cc1ccc(OC/C(C(=N)c2c(Cl)cccc2Cl)=C(/O)C2CC2)cc1Cl. The van der Waals surface area contributed by atoms with Gasteiger partial charge in [-0.2, -0.15) is 0 Å². The highest BCUT2D eigenvalue weighted by molar-refractivity contribution is 6.41. The fourth-order valence-electron chi connectivity index (χ4n) is 3.32. The summed E-state index contributed by atoms with van der Waals surface area (Å²) >= 11 is 18.9. The molecule has 0 aromatic heterocycles. The van der Waals surface area contributed by atoms with Crippen LogP contribution in [0, 0.1) is 17.2 Å². The number of carbonyl (C=O) groups excluding carboxylic acids is 1. The topological polar surface area (TPSA) is 79.6 Å². The minimum atomic E-state index is -0.324. The van der Waals surface area contributed by atoms with Crippen LogP contribution in [-0.4, -0.2) is 30.5 Å². The molecule has 8 heteroatoms. The molecule has 1 saturated carbocycles. The Morgan fingerprint density at radius 3 is 2.38 bits per heavy atom. The van der Waals surface area contributed by atoms with Gasteiger partial charge in [-0.3, -0.25) is 10.2 Å². The maximum Gasteiger partial charge on any atom is 0.308 e. The fraction of sp³-hybridized carbons (Fsp3) is 0.333. The molecule has 0 bridgehead atoms. The Labute approximate surface area is 202 Å². The quantitative estimate of drug-likeness (QED) is 0.231. The smallest absolute Gasteiger partial charge is 0.308 e. The van der Waals surface area contributed by atoms with E-state index >= 15 is 0 Å². The molecule has 170 valence electrons. The lowest BCUT2D eigenvalue weighted by Crippen LogP contribution is -2.16. The molecule has 0 amide bonds. The summed E-state index contributed by atoms with van der Waals surface area (Å²) in [4.78, 5) is 11.7. The van der Waals surface area contributed by atoms with E-state index in [1.165, 1.54) is 7.11 Å². The largest absolute Gasteiger partial charge is 0.512 e. The van der Waals surface area contributed by atoms with Gasteiger partial charge < -0.3 is 14.6 Å². The van der Waals surface area contributed by atoms with Crippen LogP contribution in [0.4, 0.5) is 0 Å². The van der Waals surface area contributed by atoms with E-state index in [1.807, 2.05) is 0 Å². The first-order chi connectivity index (χ1) is 15.2. The molecule has 1 aliphatic rings. The summed E-state index contributed by atoms with van der Waals surface area (Å²) in [5.41, 5.74) is 1.51. The van der Waals surface area contributed by atoms with Crippen LogP contribution in [0.1, 0.15) is 30.9 Å². The lowest BCUT2D eigenvalue weighted by atomic mass is 10.00. The van der Waals surface area contributed by atoms with E-state index in [1.54, 1.807) is 43.3 Å². The number of ether oxygens (including phenoxy) is 2. The third-order valence-electron chi connectivity index (χ3n) is 5.33. The Morgan fingerprint density at radius 2 is 1.81 bits per heavy atom. The van der Waals surface area contributed by atoms with Gasteiger partial charge in [-0.05, 0) is 49.1 Å². The molecular weight excluding hydrogens is 473 g/mol. The second-order valence-corrected chi connectivity index (χ2v) is 9.00. The number of hydrogen-bond donors (Lipinski definition) is 2. The minimum absolute atomic E-state index is 0.0148. The molecule has 1 fully saturated rings. The van der Waals surface area contributed by atoms with Gasteiger partial charge in [-0.15, -0.1) is 0 Å². The first-order valence-corrected chi connectivity index (χ1v) is 11.3. The van der Waals surface area contributed by atoms with Crippen molar-refractivity contribution in [1.82, 2.24) is 0 Å². The van der Waals surface area contributed by atoms with Gasteiger partial charge >= 0.3 is 5.97 Å².